The van der Waals surface area contributed by atoms with E-state index in [1.54, 1.807) is 7.11 Å². The van der Waals surface area contributed by atoms with Crippen LogP contribution in [0.4, 0.5) is 11.4 Å². The van der Waals surface area contributed by atoms with Crippen LogP contribution in [0.5, 0.6) is 5.75 Å². The van der Waals surface area contributed by atoms with Gasteiger partial charge in [-0.3, -0.25) is 0 Å². The Bertz CT molecular complexity index is 1130. The van der Waals surface area contributed by atoms with Crippen molar-refractivity contribution >= 4 is 33.2 Å². The fourth-order valence-electron chi connectivity index (χ4n) is 3.38. The second-order valence-corrected chi connectivity index (χ2v) is 6.83. The molecule has 0 amide bonds. The smallest absolute Gasteiger partial charge is 0.122 e. The Morgan fingerprint density at radius 2 is 1.67 bits per heavy atom. The average Bonchev–Trinajstić information content (AvgIpc) is 2.68. The van der Waals surface area contributed by atoms with E-state index in [1.165, 1.54) is 5.56 Å². The number of hydrogen-bond acceptors (Lipinski definition) is 4. The number of aliphatic hydroxyl groups is 1. The number of aliphatic hydroxyl groups excluding tert-OH is 1. The molecule has 4 nitrogen and oxygen atoms in total. The van der Waals surface area contributed by atoms with Gasteiger partial charge in [-0.05, 0) is 61.4 Å². The van der Waals surface area contributed by atoms with Crippen molar-refractivity contribution in [1.82, 2.24) is 4.98 Å². The van der Waals surface area contributed by atoms with Crippen LogP contribution in [0.1, 0.15) is 16.7 Å². The number of aromatic nitrogens is 1. The van der Waals surface area contributed by atoms with Crippen LogP contribution in [0.3, 0.4) is 0 Å². The van der Waals surface area contributed by atoms with E-state index >= 15 is 0 Å². The number of nitrogens with zero attached hydrogens (tertiary/aromatic N) is 1. The maximum Gasteiger partial charge on any atom is 0.122 e. The Kier molecular flexibility index (Phi) is 4.42. The summed E-state index contributed by atoms with van der Waals surface area (Å²) in [6.07, 6.45) is 0. The number of anilines is 2. The fourth-order valence-corrected chi connectivity index (χ4v) is 3.38. The lowest BCUT2D eigenvalue weighted by atomic mass is 10.0. The molecular weight excluding hydrogens is 336 g/mol. The molecule has 0 aliphatic carbocycles. The van der Waals surface area contributed by atoms with Gasteiger partial charge in [0.05, 0.1) is 30.4 Å². The molecule has 1 aromatic heterocycles. The number of aryl methyl sites for hydroxylation is 2. The highest BCUT2D eigenvalue weighted by molar-refractivity contribution is 6.09. The molecule has 4 aromatic rings. The first kappa shape index (κ1) is 17.3. The summed E-state index contributed by atoms with van der Waals surface area (Å²) in [5, 5.41) is 14.9. The Balaban J connectivity index is 1.98. The van der Waals surface area contributed by atoms with Crippen LogP contribution in [-0.4, -0.2) is 17.2 Å². The molecule has 0 saturated carbocycles. The second-order valence-electron chi connectivity index (χ2n) is 6.83. The molecule has 0 aliphatic heterocycles. The van der Waals surface area contributed by atoms with Gasteiger partial charge in [-0.2, -0.15) is 0 Å². The number of hydrogen-bond donors (Lipinski definition) is 2. The lowest BCUT2D eigenvalue weighted by Crippen LogP contribution is -1.97. The molecule has 0 atom stereocenters. The zero-order valence-corrected chi connectivity index (χ0v) is 15.7. The third-order valence-corrected chi connectivity index (χ3v) is 4.85. The summed E-state index contributed by atoms with van der Waals surface area (Å²) in [5.74, 6) is 0.843. The Hall–Kier alpha value is -3.11. The van der Waals surface area contributed by atoms with Gasteiger partial charge in [0, 0.05) is 16.5 Å². The molecule has 2 N–H and O–H groups in total. The van der Waals surface area contributed by atoms with E-state index in [-0.39, 0.29) is 6.61 Å². The van der Waals surface area contributed by atoms with Gasteiger partial charge in [0.15, 0.2) is 0 Å². The summed E-state index contributed by atoms with van der Waals surface area (Å²) in [5.41, 5.74) is 6.98. The normalized spacial score (nSPS) is 11.1. The first-order valence-corrected chi connectivity index (χ1v) is 8.94. The predicted molar refractivity (Wildman–Crippen MR) is 111 cm³/mol. The molecule has 4 heteroatoms. The van der Waals surface area contributed by atoms with Crippen LogP contribution in [0.25, 0.3) is 21.8 Å². The number of rotatable bonds is 4. The lowest BCUT2D eigenvalue weighted by Gasteiger charge is -2.16. The fraction of sp³-hybridized carbons (Fsp3) is 0.174. The molecule has 0 spiro atoms. The molecule has 0 aliphatic rings. The number of fused-ring (bicyclic) bond motifs is 2. The van der Waals surface area contributed by atoms with Crippen LogP contribution in [-0.2, 0) is 6.61 Å². The lowest BCUT2D eigenvalue weighted by molar-refractivity contribution is 0.282. The summed E-state index contributed by atoms with van der Waals surface area (Å²) in [6.45, 7) is 4.15. The van der Waals surface area contributed by atoms with Gasteiger partial charge in [-0.15, -0.1) is 0 Å². The van der Waals surface area contributed by atoms with Crippen molar-refractivity contribution in [3.05, 3.63) is 71.3 Å². The van der Waals surface area contributed by atoms with E-state index in [9.17, 15) is 5.11 Å². The van der Waals surface area contributed by atoms with Crippen molar-refractivity contribution in [1.29, 1.82) is 0 Å². The van der Waals surface area contributed by atoms with Crippen LogP contribution in [0.2, 0.25) is 0 Å². The van der Waals surface area contributed by atoms with E-state index in [2.05, 4.69) is 36.5 Å². The van der Waals surface area contributed by atoms with E-state index in [1.807, 2.05) is 37.3 Å². The minimum atomic E-state index is 0.0388. The number of nitrogens with one attached hydrogen (secondary N) is 1. The SMILES string of the molecule is COc1cc2c(Nc3ccc(CO)cc3)c3cc(C)ccc3nc2cc1C. The summed E-state index contributed by atoms with van der Waals surface area (Å²) in [6, 6.07) is 18.2. The summed E-state index contributed by atoms with van der Waals surface area (Å²) >= 11 is 0. The van der Waals surface area contributed by atoms with E-state index in [0.29, 0.717) is 0 Å². The highest BCUT2D eigenvalue weighted by Crippen LogP contribution is 2.36. The van der Waals surface area contributed by atoms with Gasteiger partial charge >= 0.3 is 0 Å². The Labute approximate surface area is 158 Å². The minimum absolute atomic E-state index is 0.0388. The maximum atomic E-state index is 9.27. The third-order valence-electron chi connectivity index (χ3n) is 4.85. The molecule has 0 bridgehead atoms. The largest absolute Gasteiger partial charge is 0.496 e. The van der Waals surface area contributed by atoms with Crippen molar-refractivity contribution < 1.29 is 9.84 Å². The van der Waals surface area contributed by atoms with Gasteiger partial charge in [0.1, 0.15) is 5.75 Å². The van der Waals surface area contributed by atoms with Crippen molar-refractivity contribution in [3.63, 3.8) is 0 Å². The number of benzene rings is 3. The van der Waals surface area contributed by atoms with Crippen molar-refractivity contribution in [2.45, 2.75) is 20.5 Å². The zero-order chi connectivity index (χ0) is 19.0. The van der Waals surface area contributed by atoms with Crippen LogP contribution < -0.4 is 10.1 Å². The first-order valence-electron chi connectivity index (χ1n) is 8.94. The van der Waals surface area contributed by atoms with E-state index in [0.717, 1.165) is 50.1 Å². The molecule has 136 valence electrons. The molecule has 0 saturated heterocycles. The molecule has 3 aromatic carbocycles. The van der Waals surface area contributed by atoms with Crippen LogP contribution in [0.15, 0.2) is 54.6 Å². The summed E-state index contributed by atoms with van der Waals surface area (Å²) < 4.78 is 5.54. The highest BCUT2D eigenvalue weighted by Gasteiger charge is 2.13. The minimum Gasteiger partial charge on any atom is -0.496 e. The topological polar surface area (TPSA) is 54.4 Å². The van der Waals surface area contributed by atoms with Gasteiger partial charge in [-0.25, -0.2) is 4.98 Å². The number of pyridine rings is 1. The predicted octanol–water partition coefficient (Wildman–Crippen LogP) is 5.25. The molecule has 0 unspecified atom stereocenters. The molecule has 0 radical (unpaired) electrons. The number of ether oxygens (including phenoxy) is 1. The number of methoxy groups -OCH3 is 1. The van der Waals surface area contributed by atoms with E-state index in [4.69, 9.17) is 9.72 Å². The standard InChI is InChI=1S/C23H22N2O2/c1-14-4-9-20-18(10-14)23(24-17-7-5-16(13-26)6-8-17)19-12-22(27-3)15(2)11-21(19)25-20/h4-12,26H,13H2,1-3H3,(H,24,25). The Morgan fingerprint density at radius 3 is 2.37 bits per heavy atom. The van der Waals surface area contributed by atoms with Crippen molar-refractivity contribution in [2.24, 2.45) is 0 Å². The molecule has 27 heavy (non-hydrogen) atoms. The van der Waals surface area contributed by atoms with Gasteiger partial charge in [-0.1, -0.05) is 23.8 Å². The quantitative estimate of drug-likeness (QED) is 0.489. The van der Waals surface area contributed by atoms with Gasteiger partial charge in [0.25, 0.3) is 0 Å². The first-order chi connectivity index (χ1) is 13.1. The molecule has 1 heterocycles. The van der Waals surface area contributed by atoms with Crippen LogP contribution >= 0.6 is 0 Å². The Morgan fingerprint density at radius 1 is 0.926 bits per heavy atom. The van der Waals surface area contributed by atoms with Crippen molar-refractivity contribution in [3.8, 4) is 5.75 Å². The second kappa shape index (κ2) is 6.89. The maximum absolute atomic E-state index is 9.27. The van der Waals surface area contributed by atoms with E-state index < -0.39 is 0 Å². The zero-order valence-electron chi connectivity index (χ0n) is 15.7. The van der Waals surface area contributed by atoms with Gasteiger partial charge < -0.3 is 15.2 Å². The molecule has 0 fully saturated rings. The average molecular weight is 358 g/mol. The van der Waals surface area contributed by atoms with Crippen molar-refractivity contribution in [2.75, 3.05) is 12.4 Å². The monoisotopic (exact) mass is 358 g/mol. The third kappa shape index (κ3) is 3.20. The highest BCUT2D eigenvalue weighted by atomic mass is 16.5. The molecular formula is C23H22N2O2. The summed E-state index contributed by atoms with van der Waals surface area (Å²) in [4.78, 5) is 4.86. The molecule has 4 rings (SSSR count). The summed E-state index contributed by atoms with van der Waals surface area (Å²) in [7, 11) is 1.69. The van der Waals surface area contributed by atoms with Crippen LogP contribution in [0, 0.1) is 13.8 Å². The van der Waals surface area contributed by atoms with Gasteiger partial charge in [0.2, 0.25) is 0 Å².